The topological polar surface area (TPSA) is 50.4 Å². The van der Waals surface area contributed by atoms with Gasteiger partial charge in [0.15, 0.2) is 0 Å². The number of halogens is 1. The first-order valence-corrected chi connectivity index (χ1v) is 8.96. The van der Waals surface area contributed by atoms with Crippen molar-refractivity contribution in [1.82, 2.24) is 10.6 Å². The maximum Gasteiger partial charge on any atom is 0.223 e. The van der Waals surface area contributed by atoms with E-state index < -0.39 is 0 Å². The molecule has 0 aromatic heterocycles. The lowest BCUT2D eigenvalue weighted by atomic mass is 9.88. The molecule has 134 valence electrons. The molecule has 4 nitrogen and oxygen atoms in total. The van der Waals surface area contributed by atoms with Crippen LogP contribution in [0.3, 0.4) is 0 Å². The van der Waals surface area contributed by atoms with Gasteiger partial charge < -0.3 is 15.4 Å². The number of hydrogen-bond donors (Lipinski definition) is 2. The van der Waals surface area contributed by atoms with Crippen molar-refractivity contribution in [3.63, 3.8) is 0 Å². The maximum atomic E-state index is 12.1. The Balaban J connectivity index is 0.00000208. The summed E-state index contributed by atoms with van der Waals surface area (Å²) in [4.78, 5) is 12.1. The molecule has 1 unspecified atom stereocenters. The first-order chi connectivity index (χ1) is 11.2. The predicted octanol–water partition coefficient (Wildman–Crippen LogP) is 3.29. The number of benzene rings is 1. The van der Waals surface area contributed by atoms with Gasteiger partial charge in [0.05, 0.1) is 6.10 Å². The molecule has 2 aliphatic rings. The average Bonchev–Trinajstić information content (AvgIpc) is 2.53. The van der Waals surface area contributed by atoms with Crippen LogP contribution in [0, 0.1) is 11.8 Å². The van der Waals surface area contributed by atoms with Crippen LogP contribution in [0.4, 0.5) is 0 Å². The second-order valence-electron chi connectivity index (χ2n) is 6.95. The van der Waals surface area contributed by atoms with Gasteiger partial charge in [-0.25, -0.2) is 0 Å². The number of ether oxygens (including phenoxy) is 1. The average molecular weight is 353 g/mol. The Kier molecular flexibility index (Phi) is 7.38. The van der Waals surface area contributed by atoms with E-state index in [2.05, 4.69) is 10.6 Å². The van der Waals surface area contributed by atoms with Crippen LogP contribution >= 0.6 is 12.4 Å². The molecule has 3 rings (SSSR count). The maximum absolute atomic E-state index is 12.1. The summed E-state index contributed by atoms with van der Waals surface area (Å²) in [5.74, 6) is 1.67. The van der Waals surface area contributed by atoms with Crippen LogP contribution in [0.15, 0.2) is 24.3 Å². The van der Waals surface area contributed by atoms with Crippen LogP contribution in [-0.4, -0.2) is 25.1 Å². The zero-order valence-electron chi connectivity index (χ0n) is 14.4. The molecule has 1 saturated heterocycles. The van der Waals surface area contributed by atoms with Gasteiger partial charge in [-0.3, -0.25) is 4.79 Å². The summed E-state index contributed by atoms with van der Waals surface area (Å²) < 4.78 is 6.03. The lowest BCUT2D eigenvalue weighted by molar-refractivity contribution is -0.126. The SMILES string of the molecule is CC(C(=O)NCc1ccc(OC2CCCCC2)cc1)C1CNC1.Cl. The molecule has 1 aliphatic carbocycles. The zero-order valence-corrected chi connectivity index (χ0v) is 15.2. The highest BCUT2D eigenvalue weighted by Gasteiger charge is 2.28. The Labute approximate surface area is 151 Å². The van der Waals surface area contributed by atoms with Crippen molar-refractivity contribution >= 4 is 18.3 Å². The molecule has 24 heavy (non-hydrogen) atoms. The predicted molar refractivity (Wildman–Crippen MR) is 98.6 cm³/mol. The summed E-state index contributed by atoms with van der Waals surface area (Å²) in [6.07, 6.45) is 6.63. The number of carbonyl (C=O) groups excluding carboxylic acids is 1. The van der Waals surface area contributed by atoms with Crippen molar-refractivity contribution in [2.75, 3.05) is 13.1 Å². The summed E-state index contributed by atoms with van der Waals surface area (Å²) in [5.41, 5.74) is 1.12. The van der Waals surface area contributed by atoms with Gasteiger partial charge >= 0.3 is 0 Å². The molecule has 0 bridgehead atoms. The molecular formula is C19H29ClN2O2. The number of amides is 1. The van der Waals surface area contributed by atoms with Gasteiger partial charge in [0.2, 0.25) is 5.91 Å². The van der Waals surface area contributed by atoms with Crippen LogP contribution in [0.1, 0.15) is 44.6 Å². The molecule has 1 aliphatic heterocycles. The molecule has 0 spiro atoms. The summed E-state index contributed by atoms with van der Waals surface area (Å²) in [6.45, 7) is 4.53. The molecule has 5 heteroatoms. The molecule has 2 N–H and O–H groups in total. The minimum atomic E-state index is 0. The molecule has 1 heterocycles. The zero-order chi connectivity index (χ0) is 16.1. The summed E-state index contributed by atoms with van der Waals surface area (Å²) in [5, 5.41) is 6.26. The van der Waals surface area contributed by atoms with Crippen LogP contribution in [0.5, 0.6) is 5.75 Å². The van der Waals surface area contributed by atoms with Crippen LogP contribution in [0.25, 0.3) is 0 Å². The third-order valence-electron chi connectivity index (χ3n) is 5.18. The fourth-order valence-corrected chi connectivity index (χ4v) is 3.29. The summed E-state index contributed by atoms with van der Waals surface area (Å²) in [6, 6.07) is 8.15. The Bertz CT molecular complexity index is 511. The normalized spacial score (nSPS) is 19.7. The van der Waals surface area contributed by atoms with Crippen molar-refractivity contribution in [2.24, 2.45) is 11.8 Å². The Morgan fingerprint density at radius 3 is 2.46 bits per heavy atom. The first-order valence-electron chi connectivity index (χ1n) is 8.96. The molecule has 1 saturated carbocycles. The van der Waals surface area contributed by atoms with Gasteiger partial charge in [-0.2, -0.15) is 0 Å². The lowest BCUT2D eigenvalue weighted by Crippen LogP contribution is -2.49. The van der Waals surface area contributed by atoms with E-state index in [0.717, 1.165) is 24.4 Å². The van der Waals surface area contributed by atoms with Crippen molar-refractivity contribution in [1.29, 1.82) is 0 Å². The molecule has 0 radical (unpaired) electrons. The fraction of sp³-hybridized carbons (Fsp3) is 0.632. The van der Waals surface area contributed by atoms with E-state index in [1.807, 2.05) is 31.2 Å². The Morgan fingerprint density at radius 1 is 1.21 bits per heavy atom. The molecule has 1 aromatic rings. The monoisotopic (exact) mass is 352 g/mol. The second kappa shape index (κ2) is 9.28. The molecule has 1 atom stereocenters. The van der Waals surface area contributed by atoms with Crippen molar-refractivity contribution in [3.05, 3.63) is 29.8 Å². The van der Waals surface area contributed by atoms with Crippen LogP contribution < -0.4 is 15.4 Å². The second-order valence-corrected chi connectivity index (χ2v) is 6.95. The van der Waals surface area contributed by atoms with Crippen molar-refractivity contribution in [2.45, 2.75) is 51.7 Å². The van der Waals surface area contributed by atoms with Crippen molar-refractivity contribution < 1.29 is 9.53 Å². The molecule has 1 amide bonds. The first kappa shape index (κ1) is 19.1. The van der Waals surface area contributed by atoms with Gasteiger partial charge in [-0.15, -0.1) is 12.4 Å². The summed E-state index contributed by atoms with van der Waals surface area (Å²) >= 11 is 0. The lowest BCUT2D eigenvalue weighted by Gasteiger charge is -2.31. The highest BCUT2D eigenvalue weighted by atomic mass is 35.5. The van der Waals surface area contributed by atoms with Crippen LogP contribution in [-0.2, 0) is 11.3 Å². The number of nitrogens with one attached hydrogen (secondary N) is 2. The Morgan fingerprint density at radius 2 is 1.88 bits per heavy atom. The smallest absolute Gasteiger partial charge is 0.223 e. The standard InChI is InChI=1S/C19H28N2O2.ClH/c1-14(16-12-20-13-16)19(22)21-11-15-7-9-18(10-8-15)23-17-5-3-2-4-6-17;/h7-10,14,16-17,20H,2-6,11-13H2,1H3,(H,21,22);1H. The minimum absolute atomic E-state index is 0. The largest absolute Gasteiger partial charge is 0.490 e. The van der Waals surface area contributed by atoms with E-state index in [9.17, 15) is 4.79 Å². The van der Waals surface area contributed by atoms with Gasteiger partial charge in [0.1, 0.15) is 5.75 Å². The van der Waals surface area contributed by atoms with E-state index >= 15 is 0 Å². The Hall–Kier alpha value is -1.26. The van der Waals surface area contributed by atoms with Gasteiger partial charge in [-0.05, 0) is 62.4 Å². The minimum Gasteiger partial charge on any atom is -0.490 e. The number of hydrogen-bond acceptors (Lipinski definition) is 3. The third-order valence-corrected chi connectivity index (χ3v) is 5.18. The van der Waals surface area contributed by atoms with Gasteiger partial charge in [0, 0.05) is 12.5 Å². The number of carbonyl (C=O) groups is 1. The van der Waals surface area contributed by atoms with Gasteiger partial charge in [0.25, 0.3) is 0 Å². The molecule has 1 aromatic carbocycles. The van der Waals surface area contributed by atoms with E-state index in [4.69, 9.17) is 4.74 Å². The van der Waals surface area contributed by atoms with Gasteiger partial charge in [-0.1, -0.05) is 25.5 Å². The van der Waals surface area contributed by atoms with E-state index in [1.54, 1.807) is 0 Å². The third kappa shape index (κ3) is 5.12. The number of rotatable bonds is 6. The van der Waals surface area contributed by atoms with E-state index in [1.165, 1.54) is 32.1 Å². The quantitative estimate of drug-likeness (QED) is 0.826. The van der Waals surface area contributed by atoms with Crippen molar-refractivity contribution in [3.8, 4) is 5.75 Å². The molecular weight excluding hydrogens is 324 g/mol. The van der Waals surface area contributed by atoms with E-state index in [0.29, 0.717) is 18.6 Å². The molecule has 2 fully saturated rings. The van der Waals surface area contributed by atoms with Crippen LogP contribution in [0.2, 0.25) is 0 Å². The highest BCUT2D eigenvalue weighted by Crippen LogP contribution is 2.23. The summed E-state index contributed by atoms with van der Waals surface area (Å²) in [7, 11) is 0. The highest BCUT2D eigenvalue weighted by molar-refractivity contribution is 5.85. The fourth-order valence-electron chi connectivity index (χ4n) is 3.29. The van der Waals surface area contributed by atoms with E-state index in [-0.39, 0.29) is 24.2 Å².